The van der Waals surface area contributed by atoms with Gasteiger partial charge in [0.25, 0.3) is 0 Å². The molecule has 0 aliphatic heterocycles. The zero-order chi connectivity index (χ0) is 13.0. The second-order valence-corrected chi connectivity index (χ2v) is 4.03. The lowest BCUT2D eigenvalue weighted by Gasteiger charge is -2.12. The Morgan fingerprint density at radius 3 is 2.56 bits per heavy atom. The Kier molecular flexibility index (Phi) is 3.89. The number of methoxy groups -OCH3 is 2. The van der Waals surface area contributed by atoms with Crippen molar-refractivity contribution in [2.24, 2.45) is 0 Å². The maximum Gasteiger partial charge on any atom is 0.160 e. The van der Waals surface area contributed by atoms with E-state index >= 15 is 0 Å². The summed E-state index contributed by atoms with van der Waals surface area (Å²) in [6.07, 6.45) is 1.78. The number of aliphatic hydroxyl groups is 1. The van der Waals surface area contributed by atoms with Crippen molar-refractivity contribution in [3.05, 3.63) is 47.8 Å². The van der Waals surface area contributed by atoms with E-state index in [0.29, 0.717) is 17.9 Å². The first-order valence-corrected chi connectivity index (χ1v) is 5.77. The van der Waals surface area contributed by atoms with Gasteiger partial charge in [-0.2, -0.15) is 0 Å². The van der Waals surface area contributed by atoms with E-state index in [1.165, 1.54) is 0 Å². The van der Waals surface area contributed by atoms with Gasteiger partial charge in [0.15, 0.2) is 11.5 Å². The maximum atomic E-state index is 10.0. The van der Waals surface area contributed by atoms with E-state index in [4.69, 9.17) is 9.47 Å². The highest BCUT2D eigenvalue weighted by Crippen LogP contribution is 2.29. The highest BCUT2D eigenvalue weighted by Gasteiger charge is 2.11. The van der Waals surface area contributed by atoms with E-state index in [1.807, 2.05) is 30.3 Å². The molecular formula is C14H17NO3. The number of hydrogen-bond donors (Lipinski definition) is 2. The summed E-state index contributed by atoms with van der Waals surface area (Å²) in [7, 11) is 3.20. The number of ether oxygens (including phenoxy) is 2. The maximum absolute atomic E-state index is 10.0. The number of rotatable bonds is 5. The van der Waals surface area contributed by atoms with Crippen molar-refractivity contribution in [3.63, 3.8) is 0 Å². The first-order valence-electron chi connectivity index (χ1n) is 5.77. The van der Waals surface area contributed by atoms with Crippen molar-refractivity contribution in [1.29, 1.82) is 0 Å². The quantitative estimate of drug-likeness (QED) is 0.852. The normalized spacial score (nSPS) is 12.2. The second kappa shape index (κ2) is 5.60. The molecule has 1 aromatic carbocycles. The highest BCUT2D eigenvalue weighted by atomic mass is 16.5. The molecule has 1 unspecified atom stereocenters. The third kappa shape index (κ3) is 2.65. The number of aliphatic hydroxyl groups excluding tert-OH is 1. The Morgan fingerprint density at radius 1 is 1.17 bits per heavy atom. The smallest absolute Gasteiger partial charge is 0.160 e. The monoisotopic (exact) mass is 247 g/mol. The Hall–Kier alpha value is -1.94. The zero-order valence-corrected chi connectivity index (χ0v) is 10.5. The van der Waals surface area contributed by atoms with E-state index in [-0.39, 0.29) is 0 Å². The van der Waals surface area contributed by atoms with Gasteiger partial charge in [-0.25, -0.2) is 0 Å². The van der Waals surface area contributed by atoms with Gasteiger partial charge in [0.2, 0.25) is 0 Å². The molecule has 4 heteroatoms. The van der Waals surface area contributed by atoms with Gasteiger partial charge in [-0.15, -0.1) is 0 Å². The summed E-state index contributed by atoms with van der Waals surface area (Å²) < 4.78 is 10.4. The molecule has 18 heavy (non-hydrogen) atoms. The standard InChI is InChI=1S/C14H17NO3/c1-17-13-6-5-10(9-14(13)18-2)8-12(16)11-4-3-7-15-11/h3-7,9,12,15-16H,8H2,1-2H3. The summed E-state index contributed by atoms with van der Waals surface area (Å²) in [4.78, 5) is 3.00. The average Bonchev–Trinajstić information content (AvgIpc) is 2.92. The van der Waals surface area contributed by atoms with Gasteiger partial charge < -0.3 is 19.6 Å². The minimum atomic E-state index is -0.543. The molecule has 0 fully saturated rings. The third-order valence-electron chi connectivity index (χ3n) is 2.86. The van der Waals surface area contributed by atoms with Crippen LogP contribution in [0.1, 0.15) is 17.4 Å². The number of hydrogen-bond acceptors (Lipinski definition) is 3. The summed E-state index contributed by atoms with van der Waals surface area (Å²) in [5.74, 6) is 1.37. The second-order valence-electron chi connectivity index (χ2n) is 4.03. The fourth-order valence-corrected chi connectivity index (χ4v) is 1.89. The van der Waals surface area contributed by atoms with Crippen molar-refractivity contribution in [1.82, 2.24) is 4.98 Å². The van der Waals surface area contributed by atoms with Crippen LogP contribution in [0.15, 0.2) is 36.5 Å². The first kappa shape index (κ1) is 12.5. The fourth-order valence-electron chi connectivity index (χ4n) is 1.89. The van der Waals surface area contributed by atoms with E-state index in [2.05, 4.69) is 4.98 Å². The van der Waals surface area contributed by atoms with E-state index in [9.17, 15) is 5.11 Å². The van der Waals surface area contributed by atoms with Gasteiger partial charge in [-0.05, 0) is 29.8 Å². The van der Waals surface area contributed by atoms with Crippen LogP contribution in [0.25, 0.3) is 0 Å². The lowest BCUT2D eigenvalue weighted by atomic mass is 10.1. The van der Waals surface area contributed by atoms with Gasteiger partial charge >= 0.3 is 0 Å². The molecule has 2 rings (SSSR count). The highest BCUT2D eigenvalue weighted by molar-refractivity contribution is 5.43. The van der Waals surface area contributed by atoms with Crippen LogP contribution in [-0.4, -0.2) is 24.3 Å². The molecule has 0 radical (unpaired) electrons. The lowest BCUT2D eigenvalue weighted by molar-refractivity contribution is 0.174. The average molecular weight is 247 g/mol. The number of nitrogens with one attached hydrogen (secondary N) is 1. The lowest BCUT2D eigenvalue weighted by Crippen LogP contribution is -2.02. The molecular weight excluding hydrogens is 230 g/mol. The molecule has 1 atom stereocenters. The van der Waals surface area contributed by atoms with Crippen LogP contribution in [0.5, 0.6) is 11.5 Å². The molecule has 0 aliphatic carbocycles. The summed E-state index contributed by atoms with van der Waals surface area (Å²) in [6, 6.07) is 9.38. The van der Waals surface area contributed by atoms with Crippen molar-refractivity contribution in [2.75, 3.05) is 14.2 Å². The van der Waals surface area contributed by atoms with E-state index < -0.39 is 6.10 Å². The summed E-state index contributed by atoms with van der Waals surface area (Å²) in [5, 5.41) is 10.0. The van der Waals surface area contributed by atoms with Crippen molar-refractivity contribution < 1.29 is 14.6 Å². The minimum absolute atomic E-state index is 0.529. The van der Waals surface area contributed by atoms with Crippen molar-refractivity contribution >= 4 is 0 Å². The summed E-state index contributed by atoms with van der Waals surface area (Å²) in [6.45, 7) is 0. The topological polar surface area (TPSA) is 54.5 Å². The van der Waals surface area contributed by atoms with Crippen LogP contribution >= 0.6 is 0 Å². The molecule has 0 saturated carbocycles. The molecule has 2 N–H and O–H groups in total. The molecule has 96 valence electrons. The Morgan fingerprint density at radius 2 is 1.94 bits per heavy atom. The predicted molar refractivity (Wildman–Crippen MR) is 69.0 cm³/mol. The van der Waals surface area contributed by atoms with Gasteiger partial charge in [0.1, 0.15) is 0 Å². The van der Waals surface area contributed by atoms with E-state index in [0.717, 1.165) is 11.3 Å². The Labute approximate surface area is 106 Å². The number of aromatic amines is 1. The van der Waals surface area contributed by atoms with Crippen molar-refractivity contribution in [2.45, 2.75) is 12.5 Å². The Bertz CT molecular complexity index is 494. The third-order valence-corrected chi connectivity index (χ3v) is 2.86. The van der Waals surface area contributed by atoms with Gasteiger partial charge in [0.05, 0.1) is 20.3 Å². The molecule has 1 heterocycles. The minimum Gasteiger partial charge on any atom is -0.493 e. The molecule has 4 nitrogen and oxygen atoms in total. The molecule has 0 saturated heterocycles. The molecule has 1 aromatic heterocycles. The van der Waals surface area contributed by atoms with Gasteiger partial charge in [0, 0.05) is 18.3 Å². The molecule has 0 spiro atoms. The predicted octanol–water partition coefficient (Wildman–Crippen LogP) is 2.31. The Balaban J connectivity index is 2.14. The SMILES string of the molecule is COc1ccc(CC(O)c2ccc[nH]2)cc1OC. The largest absolute Gasteiger partial charge is 0.493 e. The van der Waals surface area contributed by atoms with Crippen molar-refractivity contribution in [3.8, 4) is 11.5 Å². The van der Waals surface area contributed by atoms with Crippen LogP contribution in [-0.2, 0) is 6.42 Å². The molecule has 0 amide bonds. The molecule has 2 aromatic rings. The molecule has 0 aliphatic rings. The summed E-state index contributed by atoms with van der Waals surface area (Å²) >= 11 is 0. The van der Waals surface area contributed by atoms with E-state index in [1.54, 1.807) is 20.4 Å². The fraction of sp³-hybridized carbons (Fsp3) is 0.286. The molecule has 0 bridgehead atoms. The van der Waals surface area contributed by atoms with Crippen LogP contribution in [0.4, 0.5) is 0 Å². The van der Waals surface area contributed by atoms with Crippen LogP contribution in [0.3, 0.4) is 0 Å². The summed E-state index contributed by atoms with van der Waals surface area (Å²) in [5.41, 5.74) is 1.81. The number of H-pyrrole nitrogens is 1. The van der Waals surface area contributed by atoms with Gasteiger partial charge in [-0.1, -0.05) is 6.07 Å². The van der Waals surface area contributed by atoms with Crippen LogP contribution in [0.2, 0.25) is 0 Å². The number of benzene rings is 1. The first-order chi connectivity index (χ1) is 8.74. The van der Waals surface area contributed by atoms with Crippen LogP contribution in [0, 0.1) is 0 Å². The number of aromatic nitrogens is 1. The van der Waals surface area contributed by atoms with Crippen LogP contribution < -0.4 is 9.47 Å². The van der Waals surface area contributed by atoms with Gasteiger partial charge in [-0.3, -0.25) is 0 Å². The zero-order valence-electron chi connectivity index (χ0n) is 10.5.